The lowest BCUT2D eigenvalue weighted by Crippen LogP contribution is -2.44. The summed E-state index contributed by atoms with van der Waals surface area (Å²) in [4.78, 5) is 24.1. The first kappa shape index (κ1) is 16.2. The quantitative estimate of drug-likeness (QED) is 0.826. The van der Waals surface area contributed by atoms with Gasteiger partial charge < -0.3 is 5.73 Å². The first-order valence-electron chi connectivity index (χ1n) is 6.77. The van der Waals surface area contributed by atoms with E-state index in [1.54, 1.807) is 0 Å². The molecule has 3 amide bonds. The van der Waals surface area contributed by atoms with Crippen molar-refractivity contribution in [2.75, 3.05) is 13.6 Å². The van der Waals surface area contributed by atoms with E-state index in [1.807, 2.05) is 11.9 Å². The van der Waals surface area contributed by atoms with E-state index in [-0.39, 0.29) is 18.5 Å². The number of amides is 3. The van der Waals surface area contributed by atoms with Crippen LogP contribution in [0.4, 0.5) is 4.79 Å². The first-order valence-corrected chi connectivity index (χ1v) is 6.77. The Morgan fingerprint density at radius 2 is 1.90 bits per heavy atom. The summed E-state index contributed by atoms with van der Waals surface area (Å²) in [6.07, 6.45) is 1.80. The van der Waals surface area contributed by atoms with Crippen LogP contribution < -0.4 is 11.1 Å². The Kier molecular flexibility index (Phi) is 6.18. The van der Waals surface area contributed by atoms with Crippen molar-refractivity contribution < 1.29 is 9.59 Å². The molecule has 0 spiro atoms. The maximum Gasteiger partial charge on any atom is 0.318 e. The maximum absolute atomic E-state index is 11.5. The smallest absolute Gasteiger partial charge is 0.318 e. The second-order valence-electron chi connectivity index (χ2n) is 5.08. The van der Waals surface area contributed by atoms with Gasteiger partial charge in [-0.1, -0.05) is 36.8 Å². The Balaban J connectivity index is 2.58. The van der Waals surface area contributed by atoms with Crippen molar-refractivity contribution in [3.8, 4) is 0 Å². The Labute approximate surface area is 120 Å². The third-order valence-corrected chi connectivity index (χ3v) is 3.34. The minimum absolute atomic E-state index is 0.160. The van der Waals surface area contributed by atoms with Gasteiger partial charge >= 0.3 is 6.03 Å². The van der Waals surface area contributed by atoms with E-state index in [9.17, 15) is 9.59 Å². The molecule has 0 bridgehead atoms. The van der Waals surface area contributed by atoms with E-state index >= 15 is 0 Å². The third kappa shape index (κ3) is 5.40. The molecule has 1 rings (SSSR count). The summed E-state index contributed by atoms with van der Waals surface area (Å²) in [5.74, 6) is -0.373. The van der Waals surface area contributed by atoms with Crippen molar-refractivity contribution in [2.24, 2.45) is 5.73 Å². The van der Waals surface area contributed by atoms with Crippen LogP contribution in [0.25, 0.3) is 0 Å². The molecule has 0 aliphatic rings. The van der Waals surface area contributed by atoms with Crippen molar-refractivity contribution in [1.82, 2.24) is 10.2 Å². The minimum atomic E-state index is -0.810. The number of urea groups is 1. The molecule has 0 radical (unpaired) electrons. The number of carbonyl (C=O) groups is 2. The number of nitrogens with one attached hydrogen (secondary N) is 1. The number of hydrogen-bond acceptors (Lipinski definition) is 3. The molecule has 1 unspecified atom stereocenters. The second kappa shape index (κ2) is 7.65. The van der Waals surface area contributed by atoms with Gasteiger partial charge in [-0.2, -0.15) is 0 Å². The van der Waals surface area contributed by atoms with Crippen LogP contribution in [0, 0.1) is 6.92 Å². The molecule has 0 heterocycles. The van der Waals surface area contributed by atoms with E-state index in [0.717, 1.165) is 12.8 Å². The summed E-state index contributed by atoms with van der Waals surface area (Å²) < 4.78 is 0. The van der Waals surface area contributed by atoms with Gasteiger partial charge in [0, 0.05) is 6.04 Å². The van der Waals surface area contributed by atoms with E-state index in [1.165, 1.54) is 11.1 Å². The largest absolute Gasteiger partial charge is 0.351 e. The topological polar surface area (TPSA) is 75.4 Å². The fourth-order valence-corrected chi connectivity index (χ4v) is 2.14. The van der Waals surface area contributed by atoms with E-state index in [2.05, 4.69) is 43.4 Å². The predicted molar refractivity (Wildman–Crippen MR) is 79.3 cm³/mol. The molecule has 1 aromatic rings. The van der Waals surface area contributed by atoms with Crippen LogP contribution in [0.3, 0.4) is 0 Å². The van der Waals surface area contributed by atoms with Crippen LogP contribution in [0.15, 0.2) is 24.3 Å². The highest BCUT2D eigenvalue weighted by atomic mass is 16.2. The fraction of sp³-hybridized carbons (Fsp3) is 0.467. The number of carbonyl (C=O) groups excluding carboxylic acids is 2. The average Bonchev–Trinajstić information content (AvgIpc) is 2.36. The molecule has 0 aliphatic heterocycles. The van der Waals surface area contributed by atoms with Crippen molar-refractivity contribution in [2.45, 2.75) is 32.7 Å². The summed E-state index contributed by atoms with van der Waals surface area (Å²) in [5.41, 5.74) is 7.40. The number of primary amides is 1. The highest BCUT2D eigenvalue weighted by Gasteiger charge is 2.16. The average molecular weight is 277 g/mol. The number of benzene rings is 1. The highest BCUT2D eigenvalue weighted by Crippen LogP contribution is 2.11. The lowest BCUT2D eigenvalue weighted by molar-refractivity contribution is -0.121. The number of imide groups is 1. The van der Waals surface area contributed by atoms with Crippen LogP contribution in [0.1, 0.15) is 24.5 Å². The molecule has 20 heavy (non-hydrogen) atoms. The lowest BCUT2D eigenvalue weighted by atomic mass is 10.0. The van der Waals surface area contributed by atoms with Gasteiger partial charge in [-0.15, -0.1) is 0 Å². The predicted octanol–water partition coefficient (Wildman–Crippen LogP) is 1.44. The van der Waals surface area contributed by atoms with Crippen LogP contribution in [0.5, 0.6) is 0 Å². The third-order valence-electron chi connectivity index (χ3n) is 3.34. The second-order valence-corrected chi connectivity index (χ2v) is 5.08. The van der Waals surface area contributed by atoms with E-state index in [4.69, 9.17) is 5.73 Å². The molecular formula is C15H23N3O2. The Bertz CT molecular complexity index is 457. The standard InChI is InChI=1S/C15H23N3O2/c1-4-13(9-12-7-5-11(2)6-8-12)18(3)10-14(19)17-15(16)20/h5-8,13H,4,9-10H2,1-3H3,(H3,16,17,19,20). The summed E-state index contributed by atoms with van der Waals surface area (Å²) >= 11 is 0. The van der Waals surface area contributed by atoms with Gasteiger partial charge in [0.15, 0.2) is 0 Å². The summed E-state index contributed by atoms with van der Waals surface area (Å²) in [7, 11) is 1.88. The zero-order valence-electron chi connectivity index (χ0n) is 12.3. The van der Waals surface area contributed by atoms with E-state index < -0.39 is 6.03 Å². The van der Waals surface area contributed by atoms with Crippen molar-refractivity contribution in [1.29, 1.82) is 0 Å². The molecule has 3 N–H and O–H groups in total. The zero-order valence-corrected chi connectivity index (χ0v) is 12.3. The van der Waals surface area contributed by atoms with Gasteiger partial charge in [-0.3, -0.25) is 15.0 Å². The summed E-state index contributed by atoms with van der Waals surface area (Å²) in [6, 6.07) is 7.82. The molecule has 1 atom stereocenters. The van der Waals surface area contributed by atoms with Crippen LogP contribution in [-0.2, 0) is 11.2 Å². The SMILES string of the molecule is CCC(Cc1ccc(C)cc1)N(C)CC(=O)NC(N)=O. The van der Waals surface area contributed by atoms with Gasteiger partial charge in [0.25, 0.3) is 0 Å². The molecule has 0 saturated carbocycles. The Hall–Kier alpha value is -1.88. The normalized spacial score (nSPS) is 12.2. The number of aryl methyl sites for hydroxylation is 1. The molecule has 0 fully saturated rings. The Morgan fingerprint density at radius 3 is 2.40 bits per heavy atom. The van der Waals surface area contributed by atoms with Crippen molar-refractivity contribution >= 4 is 11.9 Å². The van der Waals surface area contributed by atoms with Crippen LogP contribution in [0.2, 0.25) is 0 Å². The molecule has 0 aliphatic carbocycles. The fourth-order valence-electron chi connectivity index (χ4n) is 2.14. The summed E-state index contributed by atoms with van der Waals surface area (Å²) in [5, 5.41) is 2.08. The number of hydrogen-bond donors (Lipinski definition) is 2. The highest BCUT2D eigenvalue weighted by molar-refractivity contribution is 5.94. The molecule has 0 aromatic heterocycles. The number of nitrogens with zero attached hydrogens (tertiary/aromatic N) is 1. The monoisotopic (exact) mass is 277 g/mol. The van der Waals surface area contributed by atoms with Crippen molar-refractivity contribution in [3.63, 3.8) is 0 Å². The maximum atomic E-state index is 11.5. The first-order chi connectivity index (χ1) is 9.42. The summed E-state index contributed by atoms with van der Waals surface area (Å²) in [6.45, 7) is 4.30. The molecule has 1 aromatic carbocycles. The van der Waals surface area contributed by atoms with Gasteiger partial charge in [0.2, 0.25) is 5.91 Å². The van der Waals surface area contributed by atoms with Gasteiger partial charge in [-0.05, 0) is 32.4 Å². The molecule has 5 heteroatoms. The lowest BCUT2D eigenvalue weighted by Gasteiger charge is -2.26. The van der Waals surface area contributed by atoms with Gasteiger partial charge in [-0.25, -0.2) is 4.79 Å². The number of rotatable bonds is 6. The molecule has 0 saturated heterocycles. The number of nitrogens with two attached hydrogens (primary N) is 1. The zero-order chi connectivity index (χ0) is 15.1. The van der Waals surface area contributed by atoms with Crippen LogP contribution >= 0.6 is 0 Å². The van der Waals surface area contributed by atoms with Crippen molar-refractivity contribution in [3.05, 3.63) is 35.4 Å². The van der Waals surface area contributed by atoms with Crippen LogP contribution in [-0.4, -0.2) is 36.5 Å². The van der Waals surface area contributed by atoms with Gasteiger partial charge in [0.05, 0.1) is 6.54 Å². The number of likely N-dealkylation sites (N-methyl/N-ethyl adjacent to an activating group) is 1. The minimum Gasteiger partial charge on any atom is -0.351 e. The van der Waals surface area contributed by atoms with E-state index in [0.29, 0.717) is 0 Å². The van der Waals surface area contributed by atoms with Gasteiger partial charge in [0.1, 0.15) is 0 Å². The molecule has 110 valence electrons. The molecular weight excluding hydrogens is 254 g/mol. The molecule has 5 nitrogen and oxygen atoms in total. The Morgan fingerprint density at radius 1 is 1.30 bits per heavy atom.